The molecule has 2 unspecified atom stereocenters. The molecule has 1 aliphatic heterocycles. The second-order valence-corrected chi connectivity index (χ2v) is 7.20. The van der Waals surface area contributed by atoms with Crippen LogP contribution in [0.5, 0.6) is 11.5 Å². The molecule has 30 heavy (non-hydrogen) atoms. The fourth-order valence-corrected chi connectivity index (χ4v) is 3.41. The molecule has 1 aliphatic rings. The number of nitrogens with zero attached hydrogens (tertiary/aromatic N) is 1. The summed E-state index contributed by atoms with van der Waals surface area (Å²) in [7, 11) is 0. The summed E-state index contributed by atoms with van der Waals surface area (Å²) in [6.07, 6.45) is -7.15. The number of benzene rings is 2. The van der Waals surface area contributed by atoms with E-state index in [9.17, 15) is 26.7 Å². The molecule has 0 aromatic heterocycles. The second-order valence-electron chi connectivity index (χ2n) is 7.20. The summed E-state index contributed by atoms with van der Waals surface area (Å²) in [5.41, 5.74) is 0.524. The van der Waals surface area contributed by atoms with Crippen molar-refractivity contribution in [1.29, 1.82) is 0 Å². The van der Waals surface area contributed by atoms with E-state index in [2.05, 4.69) is 4.74 Å². The van der Waals surface area contributed by atoms with Crippen LogP contribution in [0.15, 0.2) is 42.5 Å². The van der Waals surface area contributed by atoms with Crippen LogP contribution in [0.3, 0.4) is 0 Å². The molecule has 1 saturated heterocycles. The molecule has 2 aromatic rings. The SMILES string of the molecule is CC(C)Oc1cccc(F)c1C1CC(F)C(=O)N1Cc1ccc(OC(F)(F)F)cc1. The molecular weight excluding hydrogens is 409 g/mol. The average molecular weight is 429 g/mol. The third-order valence-electron chi connectivity index (χ3n) is 4.58. The van der Waals surface area contributed by atoms with Crippen LogP contribution in [0.2, 0.25) is 0 Å². The molecule has 162 valence electrons. The maximum Gasteiger partial charge on any atom is 0.573 e. The summed E-state index contributed by atoms with van der Waals surface area (Å²) in [6.45, 7) is 3.41. The van der Waals surface area contributed by atoms with Crippen LogP contribution in [0.1, 0.15) is 37.4 Å². The highest BCUT2D eigenvalue weighted by molar-refractivity contribution is 5.84. The van der Waals surface area contributed by atoms with Crippen molar-refractivity contribution in [2.24, 2.45) is 0 Å². The van der Waals surface area contributed by atoms with Crippen LogP contribution in [-0.2, 0) is 11.3 Å². The van der Waals surface area contributed by atoms with Crippen molar-refractivity contribution in [3.05, 3.63) is 59.4 Å². The van der Waals surface area contributed by atoms with Crippen molar-refractivity contribution >= 4 is 5.91 Å². The topological polar surface area (TPSA) is 38.8 Å². The van der Waals surface area contributed by atoms with Gasteiger partial charge < -0.3 is 14.4 Å². The standard InChI is InChI=1S/C21H20F5NO3/c1-12(2)29-18-5-3-4-15(22)19(18)17-10-16(23)20(28)27(17)11-13-6-8-14(9-7-13)30-21(24,25)26/h3-9,12,16-17H,10-11H2,1-2H3. The number of carbonyl (C=O) groups excluding carboxylic acids is 1. The van der Waals surface area contributed by atoms with Gasteiger partial charge in [0.25, 0.3) is 5.91 Å². The summed E-state index contributed by atoms with van der Waals surface area (Å²) >= 11 is 0. The Balaban J connectivity index is 1.88. The highest BCUT2D eigenvalue weighted by Crippen LogP contribution is 2.41. The van der Waals surface area contributed by atoms with Gasteiger partial charge in [0, 0.05) is 13.0 Å². The van der Waals surface area contributed by atoms with E-state index in [1.807, 2.05) is 0 Å². The molecule has 0 aliphatic carbocycles. The molecule has 2 atom stereocenters. The lowest BCUT2D eigenvalue weighted by molar-refractivity contribution is -0.274. The number of ether oxygens (including phenoxy) is 2. The van der Waals surface area contributed by atoms with Crippen LogP contribution in [-0.4, -0.2) is 29.4 Å². The zero-order valence-corrected chi connectivity index (χ0v) is 16.2. The third kappa shape index (κ3) is 5.01. The van der Waals surface area contributed by atoms with Gasteiger partial charge in [0.2, 0.25) is 0 Å². The highest BCUT2D eigenvalue weighted by Gasteiger charge is 2.43. The molecule has 0 spiro atoms. The molecular formula is C21H20F5NO3. The molecule has 4 nitrogen and oxygen atoms in total. The number of hydrogen-bond acceptors (Lipinski definition) is 3. The Morgan fingerprint density at radius 1 is 1.13 bits per heavy atom. The normalized spacial score (nSPS) is 19.5. The van der Waals surface area contributed by atoms with Crippen molar-refractivity contribution in [2.75, 3.05) is 0 Å². The van der Waals surface area contributed by atoms with Crippen molar-refractivity contribution in [1.82, 2.24) is 4.90 Å². The predicted octanol–water partition coefficient (Wildman–Crippen LogP) is 5.32. The lowest BCUT2D eigenvalue weighted by Crippen LogP contribution is -2.30. The van der Waals surface area contributed by atoms with Gasteiger partial charge in [0.05, 0.1) is 17.7 Å². The van der Waals surface area contributed by atoms with Gasteiger partial charge in [0.15, 0.2) is 6.17 Å². The lowest BCUT2D eigenvalue weighted by atomic mass is 10.0. The number of rotatable bonds is 6. The minimum absolute atomic E-state index is 0.0803. The largest absolute Gasteiger partial charge is 0.573 e. The number of carbonyl (C=O) groups is 1. The van der Waals surface area contributed by atoms with Crippen molar-refractivity contribution in [2.45, 2.75) is 51.5 Å². The Kier molecular flexibility index (Phi) is 6.19. The number of likely N-dealkylation sites (tertiary alicyclic amines) is 1. The molecule has 0 radical (unpaired) electrons. The summed E-state index contributed by atoms with van der Waals surface area (Å²) in [5, 5.41) is 0. The zero-order valence-electron chi connectivity index (χ0n) is 16.2. The van der Waals surface area contributed by atoms with Crippen LogP contribution in [0, 0.1) is 5.82 Å². The summed E-state index contributed by atoms with van der Waals surface area (Å²) in [4.78, 5) is 13.6. The number of hydrogen-bond donors (Lipinski definition) is 0. The Morgan fingerprint density at radius 2 is 1.80 bits per heavy atom. The molecule has 1 fully saturated rings. The quantitative estimate of drug-likeness (QED) is 0.584. The highest BCUT2D eigenvalue weighted by atomic mass is 19.4. The monoisotopic (exact) mass is 429 g/mol. The smallest absolute Gasteiger partial charge is 0.491 e. The first-order chi connectivity index (χ1) is 14.0. The first-order valence-corrected chi connectivity index (χ1v) is 9.29. The average Bonchev–Trinajstić information content (AvgIpc) is 2.90. The number of halogens is 5. The van der Waals surface area contributed by atoms with E-state index in [0.29, 0.717) is 5.56 Å². The van der Waals surface area contributed by atoms with Gasteiger partial charge in [-0.2, -0.15) is 0 Å². The van der Waals surface area contributed by atoms with Gasteiger partial charge in [-0.15, -0.1) is 13.2 Å². The van der Waals surface area contributed by atoms with E-state index in [4.69, 9.17) is 4.74 Å². The molecule has 1 amide bonds. The lowest BCUT2D eigenvalue weighted by Gasteiger charge is -2.27. The summed E-state index contributed by atoms with van der Waals surface area (Å²) in [6, 6.07) is 8.19. The van der Waals surface area contributed by atoms with Gasteiger partial charge in [-0.3, -0.25) is 4.79 Å². The van der Waals surface area contributed by atoms with Gasteiger partial charge in [-0.25, -0.2) is 8.78 Å². The first-order valence-electron chi connectivity index (χ1n) is 9.29. The Hall–Kier alpha value is -2.84. The molecule has 1 heterocycles. The minimum atomic E-state index is -4.82. The van der Waals surface area contributed by atoms with E-state index in [1.165, 1.54) is 29.2 Å². The van der Waals surface area contributed by atoms with E-state index in [-0.39, 0.29) is 30.4 Å². The van der Waals surface area contributed by atoms with E-state index in [0.717, 1.165) is 12.1 Å². The number of alkyl halides is 4. The Bertz CT molecular complexity index is 899. The van der Waals surface area contributed by atoms with Crippen LogP contribution >= 0.6 is 0 Å². The second kappa shape index (κ2) is 8.49. The fraction of sp³-hybridized carbons (Fsp3) is 0.381. The molecule has 0 bridgehead atoms. The van der Waals surface area contributed by atoms with Gasteiger partial charge in [-0.1, -0.05) is 18.2 Å². The minimum Gasteiger partial charge on any atom is -0.491 e. The van der Waals surface area contributed by atoms with Gasteiger partial charge in [-0.05, 0) is 43.7 Å². The van der Waals surface area contributed by atoms with E-state index in [1.54, 1.807) is 19.9 Å². The third-order valence-corrected chi connectivity index (χ3v) is 4.58. The van der Waals surface area contributed by atoms with Crippen molar-refractivity contribution in [3.63, 3.8) is 0 Å². The Labute approximate surface area is 170 Å². The summed E-state index contributed by atoms with van der Waals surface area (Å²) < 4.78 is 75.3. The maximum absolute atomic E-state index is 14.7. The van der Waals surface area contributed by atoms with Crippen molar-refractivity contribution < 1.29 is 36.2 Å². The molecule has 0 saturated carbocycles. The molecule has 2 aromatic carbocycles. The predicted molar refractivity (Wildman–Crippen MR) is 98.1 cm³/mol. The van der Waals surface area contributed by atoms with Gasteiger partial charge in [0.1, 0.15) is 17.3 Å². The zero-order chi connectivity index (χ0) is 22.1. The number of amides is 1. The van der Waals surface area contributed by atoms with Crippen LogP contribution in [0.25, 0.3) is 0 Å². The van der Waals surface area contributed by atoms with Crippen LogP contribution < -0.4 is 9.47 Å². The van der Waals surface area contributed by atoms with Crippen molar-refractivity contribution in [3.8, 4) is 11.5 Å². The maximum atomic E-state index is 14.7. The Morgan fingerprint density at radius 3 is 2.40 bits per heavy atom. The van der Waals surface area contributed by atoms with Crippen LogP contribution in [0.4, 0.5) is 22.0 Å². The first kappa shape index (κ1) is 21.9. The molecule has 3 rings (SSSR count). The summed E-state index contributed by atoms with van der Waals surface area (Å²) in [5.74, 6) is -1.63. The van der Waals surface area contributed by atoms with E-state index >= 15 is 0 Å². The van der Waals surface area contributed by atoms with Gasteiger partial charge >= 0.3 is 6.36 Å². The molecule has 9 heteroatoms. The molecule has 0 N–H and O–H groups in total. The van der Waals surface area contributed by atoms with E-state index < -0.39 is 36.0 Å². The fourth-order valence-electron chi connectivity index (χ4n) is 3.41.